The Bertz CT molecular complexity index is 910. The van der Waals surface area contributed by atoms with Gasteiger partial charge in [0.05, 0.1) is 24.3 Å². The minimum Gasteiger partial charge on any atom is -0.492 e. The summed E-state index contributed by atoms with van der Waals surface area (Å²) in [4.78, 5) is 31.4. The highest BCUT2D eigenvalue weighted by atomic mass is 16.5. The van der Waals surface area contributed by atoms with Crippen LogP contribution in [0.3, 0.4) is 0 Å². The number of ether oxygens (including phenoxy) is 2. The molecule has 2 amide bonds. The fourth-order valence-electron chi connectivity index (χ4n) is 4.47. The highest BCUT2D eigenvalue weighted by molar-refractivity contribution is 5.97. The van der Waals surface area contributed by atoms with E-state index < -0.39 is 0 Å². The molecule has 2 aliphatic rings. The van der Waals surface area contributed by atoms with Gasteiger partial charge in [-0.15, -0.1) is 0 Å². The number of likely N-dealkylation sites (tertiary alicyclic amines) is 1. The number of piperidine rings is 1. The topological polar surface area (TPSA) is 80.8 Å². The molecule has 1 saturated heterocycles. The lowest BCUT2D eigenvalue weighted by atomic mass is 9.75. The number of fused-ring (bicyclic) bond motifs is 1. The molecular weight excluding hydrogens is 406 g/mol. The van der Waals surface area contributed by atoms with Crippen LogP contribution in [0, 0.1) is 5.41 Å². The van der Waals surface area contributed by atoms with Crippen LogP contribution in [-0.2, 0) is 4.74 Å². The van der Waals surface area contributed by atoms with Crippen LogP contribution < -0.4 is 10.1 Å². The average Bonchev–Trinajstić information content (AvgIpc) is 2.84. The number of pyridine rings is 1. The molecule has 1 aromatic carbocycles. The minimum absolute atomic E-state index is 0.0284. The number of hydrogen-bond donors (Lipinski definition) is 1. The summed E-state index contributed by atoms with van der Waals surface area (Å²) in [6.45, 7) is 3.59. The molecule has 0 aliphatic carbocycles. The monoisotopic (exact) mass is 437 g/mol. The standard InChI is InChI=1S/C25H31N3O4/c29-23-21-7-1-2-8-22(21)32-19-25(9-3-4-16-31-17-13-27-23)10-14-28(15-11-25)24(30)20-6-5-12-26-18-20/h1-2,5-8,12,18H,3-4,9-11,13-17,19H2,(H,27,29). The molecule has 3 heterocycles. The molecule has 2 aliphatic heterocycles. The van der Waals surface area contributed by atoms with Crippen LogP contribution in [0.1, 0.15) is 52.8 Å². The highest BCUT2D eigenvalue weighted by Crippen LogP contribution is 2.38. The van der Waals surface area contributed by atoms with Crippen LogP contribution in [-0.4, -0.2) is 61.2 Å². The van der Waals surface area contributed by atoms with Crippen molar-refractivity contribution in [2.75, 3.05) is 39.5 Å². The number of carbonyl (C=O) groups is 2. The Hall–Kier alpha value is -2.93. The van der Waals surface area contributed by atoms with Crippen molar-refractivity contribution in [3.8, 4) is 5.75 Å². The zero-order chi connectivity index (χ0) is 22.2. The number of amides is 2. The lowest BCUT2D eigenvalue weighted by Crippen LogP contribution is -2.45. The summed E-state index contributed by atoms with van der Waals surface area (Å²) in [5.74, 6) is 0.494. The second kappa shape index (κ2) is 10.6. The zero-order valence-electron chi connectivity index (χ0n) is 18.4. The molecule has 32 heavy (non-hydrogen) atoms. The van der Waals surface area contributed by atoms with Gasteiger partial charge >= 0.3 is 0 Å². The van der Waals surface area contributed by atoms with Gasteiger partial charge < -0.3 is 19.7 Å². The number of nitrogens with one attached hydrogen (secondary N) is 1. The summed E-state index contributed by atoms with van der Waals surface area (Å²) in [5, 5.41) is 2.90. The maximum Gasteiger partial charge on any atom is 0.255 e. The summed E-state index contributed by atoms with van der Waals surface area (Å²) in [7, 11) is 0. The highest BCUT2D eigenvalue weighted by Gasteiger charge is 2.37. The van der Waals surface area contributed by atoms with Gasteiger partial charge in [0, 0.05) is 44.0 Å². The van der Waals surface area contributed by atoms with Gasteiger partial charge in [-0.25, -0.2) is 0 Å². The van der Waals surface area contributed by atoms with Crippen molar-refractivity contribution < 1.29 is 19.1 Å². The molecule has 170 valence electrons. The van der Waals surface area contributed by atoms with E-state index in [2.05, 4.69) is 10.3 Å². The molecule has 7 heteroatoms. The van der Waals surface area contributed by atoms with Gasteiger partial charge in [-0.2, -0.15) is 0 Å². The largest absolute Gasteiger partial charge is 0.492 e. The maximum atomic E-state index is 12.8. The zero-order valence-corrected chi connectivity index (χ0v) is 18.4. The third-order valence-electron chi connectivity index (χ3n) is 6.46. The van der Waals surface area contributed by atoms with E-state index in [-0.39, 0.29) is 17.2 Å². The third kappa shape index (κ3) is 5.46. The van der Waals surface area contributed by atoms with Crippen molar-refractivity contribution in [3.05, 3.63) is 59.9 Å². The van der Waals surface area contributed by atoms with Gasteiger partial charge in [0.1, 0.15) is 5.75 Å². The van der Waals surface area contributed by atoms with Gasteiger partial charge in [-0.3, -0.25) is 14.6 Å². The van der Waals surface area contributed by atoms with Crippen molar-refractivity contribution in [2.45, 2.75) is 32.1 Å². The normalized spacial score (nSPS) is 19.9. The molecule has 0 radical (unpaired) electrons. The van der Waals surface area contributed by atoms with E-state index in [1.165, 1.54) is 0 Å². The SMILES string of the molecule is O=C1NCCOCCCCC2(CCN(C(=O)c3cccnc3)CC2)COc2ccccc21. The Labute approximate surface area is 189 Å². The van der Waals surface area contributed by atoms with Crippen LogP contribution in [0.5, 0.6) is 5.75 Å². The maximum absolute atomic E-state index is 12.8. The summed E-state index contributed by atoms with van der Waals surface area (Å²) >= 11 is 0. The lowest BCUT2D eigenvalue weighted by molar-refractivity contribution is 0.0340. The summed E-state index contributed by atoms with van der Waals surface area (Å²) in [6.07, 6.45) is 8.08. The van der Waals surface area contributed by atoms with Crippen molar-refractivity contribution >= 4 is 11.8 Å². The molecule has 0 bridgehead atoms. The van der Waals surface area contributed by atoms with Crippen molar-refractivity contribution in [2.24, 2.45) is 5.41 Å². The number of nitrogens with zero attached hydrogens (tertiary/aromatic N) is 2. The lowest BCUT2D eigenvalue weighted by Gasteiger charge is -2.42. The molecule has 2 aromatic rings. The first kappa shape index (κ1) is 22.3. The fraction of sp³-hybridized carbons (Fsp3) is 0.480. The van der Waals surface area contributed by atoms with Crippen LogP contribution in [0.25, 0.3) is 0 Å². The molecule has 7 nitrogen and oxygen atoms in total. The van der Waals surface area contributed by atoms with Crippen LogP contribution in [0.4, 0.5) is 0 Å². The number of para-hydroxylation sites is 1. The minimum atomic E-state index is -0.146. The summed E-state index contributed by atoms with van der Waals surface area (Å²) in [5.41, 5.74) is 1.14. The van der Waals surface area contributed by atoms with Crippen LogP contribution >= 0.6 is 0 Å². The fourth-order valence-corrected chi connectivity index (χ4v) is 4.47. The van der Waals surface area contributed by atoms with E-state index in [9.17, 15) is 9.59 Å². The second-order valence-corrected chi connectivity index (χ2v) is 8.64. The summed E-state index contributed by atoms with van der Waals surface area (Å²) < 4.78 is 12.0. The Morgan fingerprint density at radius 3 is 2.69 bits per heavy atom. The van der Waals surface area contributed by atoms with Gasteiger partial charge in [-0.1, -0.05) is 18.6 Å². The van der Waals surface area contributed by atoms with E-state index in [1.54, 1.807) is 24.5 Å². The first-order chi connectivity index (χ1) is 15.7. The molecule has 0 saturated carbocycles. The number of aromatic nitrogens is 1. The first-order valence-corrected chi connectivity index (χ1v) is 11.4. The number of rotatable bonds is 1. The Balaban J connectivity index is 1.47. The number of carbonyl (C=O) groups excluding carboxylic acids is 2. The van der Waals surface area contributed by atoms with Gasteiger partial charge in [0.2, 0.25) is 0 Å². The Morgan fingerprint density at radius 2 is 1.88 bits per heavy atom. The van der Waals surface area contributed by atoms with E-state index in [1.807, 2.05) is 29.2 Å². The van der Waals surface area contributed by atoms with Crippen molar-refractivity contribution in [1.29, 1.82) is 0 Å². The van der Waals surface area contributed by atoms with E-state index in [4.69, 9.17) is 9.47 Å². The smallest absolute Gasteiger partial charge is 0.255 e. The quantitative estimate of drug-likeness (QED) is 0.740. The van der Waals surface area contributed by atoms with Crippen molar-refractivity contribution in [3.63, 3.8) is 0 Å². The van der Waals surface area contributed by atoms with E-state index >= 15 is 0 Å². The van der Waals surface area contributed by atoms with Gasteiger partial charge in [0.25, 0.3) is 11.8 Å². The Kier molecular flexibility index (Phi) is 7.37. The predicted molar refractivity (Wildman–Crippen MR) is 121 cm³/mol. The van der Waals surface area contributed by atoms with Crippen LogP contribution in [0.15, 0.2) is 48.8 Å². The second-order valence-electron chi connectivity index (χ2n) is 8.64. The van der Waals surface area contributed by atoms with Crippen LogP contribution in [0.2, 0.25) is 0 Å². The number of hydrogen-bond acceptors (Lipinski definition) is 5. The molecule has 1 aromatic heterocycles. The van der Waals surface area contributed by atoms with Crippen molar-refractivity contribution in [1.82, 2.24) is 15.2 Å². The predicted octanol–water partition coefficient (Wildman–Crippen LogP) is 3.31. The van der Waals surface area contributed by atoms with E-state index in [0.717, 1.165) is 32.1 Å². The van der Waals surface area contributed by atoms with E-state index in [0.29, 0.717) is 56.3 Å². The third-order valence-corrected chi connectivity index (χ3v) is 6.46. The molecule has 1 fully saturated rings. The number of benzene rings is 1. The molecule has 4 rings (SSSR count). The van der Waals surface area contributed by atoms with Gasteiger partial charge in [0.15, 0.2) is 0 Å². The molecule has 1 spiro atoms. The van der Waals surface area contributed by atoms with Gasteiger partial charge in [-0.05, 0) is 49.9 Å². The average molecular weight is 438 g/mol. The summed E-state index contributed by atoms with van der Waals surface area (Å²) in [6, 6.07) is 11.0. The first-order valence-electron chi connectivity index (χ1n) is 11.4. The molecule has 0 atom stereocenters. The Morgan fingerprint density at radius 1 is 1.03 bits per heavy atom. The molecule has 1 N–H and O–H groups in total. The molecule has 0 unspecified atom stereocenters. The molecular formula is C25H31N3O4.